The molecule has 48 heavy (non-hydrogen) atoms. The number of carbonyl (C=O) groups is 2. The quantitative estimate of drug-likeness (QED) is 0.366. The number of hydrogen-bond donors (Lipinski definition) is 1. The van der Waals surface area contributed by atoms with Crippen LogP contribution in [0.25, 0.3) is 22.2 Å². The van der Waals surface area contributed by atoms with Gasteiger partial charge in [-0.05, 0) is 86.5 Å². The number of aromatic nitrogens is 1. The van der Waals surface area contributed by atoms with Crippen molar-refractivity contribution in [1.82, 2.24) is 23.4 Å². The highest BCUT2D eigenvalue weighted by atomic mass is 32.2. The number of carbonyl (C=O) groups excluding carboxylic acids is 2. The molecular weight excluding hydrogens is 640 g/mol. The number of likely N-dealkylation sites (N-methyl/N-ethyl adjacent to an activating group) is 1. The molecule has 3 aliphatic heterocycles. The van der Waals surface area contributed by atoms with E-state index < -0.39 is 28.1 Å². The van der Waals surface area contributed by atoms with Crippen molar-refractivity contribution in [1.29, 1.82) is 0 Å². The summed E-state index contributed by atoms with van der Waals surface area (Å²) in [4.78, 5) is 32.5. The fraction of sp³-hybridized carbons (Fsp3) is 0.543. The molecule has 2 saturated heterocycles. The molecule has 4 unspecified atom stereocenters. The first-order valence-electron chi connectivity index (χ1n) is 16.9. The minimum Gasteiger partial charge on any atom is -0.435 e. The van der Waals surface area contributed by atoms with Gasteiger partial charge in [0.1, 0.15) is 5.75 Å². The van der Waals surface area contributed by atoms with E-state index in [0.717, 1.165) is 89.1 Å². The molecule has 2 bridgehead atoms. The summed E-state index contributed by atoms with van der Waals surface area (Å²) in [5.41, 5.74) is 4.00. The van der Waals surface area contributed by atoms with E-state index in [1.807, 2.05) is 12.1 Å². The van der Waals surface area contributed by atoms with Crippen LogP contribution in [0.4, 0.5) is 8.78 Å². The molecule has 256 valence electrons. The summed E-state index contributed by atoms with van der Waals surface area (Å²) >= 11 is 0. The molecule has 3 aromatic rings. The molecule has 1 aromatic heterocycles. The molecule has 2 aromatic carbocycles. The molecule has 0 radical (unpaired) electrons. The van der Waals surface area contributed by atoms with E-state index in [-0.39, 0.29) is 41.3 Å². The number of fused-ring (bicyclic) bond motifs is 9. The second-order valence-electron chi connectivity index (χ2n) is 14.5. The monoisotopic (exact) mass is 681 g/mol. The van der Waals surface area contributed by atoms with Crippen LogP contribution in [-0.2, 0) is 21.5 Å². The maximum atomic E-state index is 14.8. The fourth-order valence-electron chi connectivity index (χ4n) is 9.23. The summed E-state index contributed by atoms with van der Waals surface area (Å²) in [5.74, 6) is -0.522. The summed E-state index contributed by atoms with van der Waals surface area (Å²) in [5, 5.41) is 0.963. The first kappa shape index (κ1) is 31.7. The Morgan fingerprint density at radius 1 is 1.04 bits per heavy atom. The van der Waals surface area contributed by atoms with Crippen molar-refractivity contribution in [3.63, 3.8) is 0 Å². The van der Waals surface area contributed by atoms with E-state index in [9.17, 15) is 26.8 Å². The number of ether oxygens (including phenoxy) is 1. The standard InChI is InChI=1S/C35H41F2N5O5S/c1-39(2)48(45,46)38-32(43)21-9-12-25-28(15-21)41-19-35(33(44)42-22-10-14-29(42)40(3)18-22)17-27(35)26-16-23(47-34(36)37)11-13-24(26)31(41)30(25)20-7-5-4-6-8-20/h9,11-13,15-16,20,22,27,29,34H,4-8,10,14,17-19H2,1-3H3,(H,38,43). The highest BCUT2D eigenvalue weighted by Crippen LogP contribution is 2.67. The van der Waals surface area contributed by atoms with E-state index in [4.69, 9.17) is 4.74 Å². The SMILES string of the molecule is CN1CC2CCC1N2C(=O)C12CC1c1cc(OC(F)F)ccc1-c1c(C3CCCCC3)c3ccc(C(=O)NS(=O)(=O)N(C)C)cc3n1C2. The van der Waals surface area contributed by atoms with Crippen molar-refractivity contribution < 1.29 is 31.5 Å². The molecule has 10 nitrogen and oxygen atoms in total. The van der Waals surface area contributed by atoms with Crippen molar-refractivity contribution in [3.8, 4) is 17.0 Å². The minimum absolute atomic E-state index is 0.0435. The van der Waals surface area contributed by atoms with Crippen LogP contribution in [0, 0.1) is 5.41 Å². The van der Waals surface area contributed by atoms with Crippen molar-refractivity contribution in [2.24, 2.45) is 5.41 Å². The molecule has 4 heterocycles. The number of benzene rings is 2. The number of halogens is 2. The minimum atomic E-state index is -4.02. The molecule has 4 fully saturated rings. The topological polar surface area (TPSA) is 104 Å². The van der Waals surface area contributed by atoms with Gasteiger partial charge in [-0.25, -0.2) is 4.72 Å². The summed E-state index contributed by atoms with van der Waals surface area (Å²) in [6, 6.07) is 10.6. The third-order valence-corrected chi connectivity index (χ3v) is 13.0. The van der Waals surface area contributed by atoms with Crippen LogP contribution in [0.15, 0.2) is 36.4 Å². The average Bonchev–Trinajstić information content (AvgIpc) is 3.36. The smallest absolute Gasteiger partial charge is 0.387 e. The second kappa shape index (κ2) is 11.2. The van der Waals surface area contributed by atoms with Gasteiger partial charge in [0.15, 0.2) is 0 Å². The van der Waals surface area contributed by atoms with Crippen LogP contribution in [0.2, 0.25) is 0 Å². The molecule has 2 aliphatic carbocycles. The van der Waals surface area contributed by atoms with Crippen molar-refractivity contribution >= 4 is 32.9 Å². The Bertz CT molecular complexity index is 1940. The lowest BCUT2D eigenvalue weighted by molar-refractivity contribution is -0.140. The van der Waals surface area contributed by atoms with Gasteiger partial charge < -0.3 is 14.2 Å². The summed E-state index contributed by atoms with van der Waals surface area (Å²) in [6.45, 7) is -1.77. The third-order valence-electron chi connectivity index (χ3n) is 11.6. The zero-order valence-corrected chi connectivity index (χ0v) is 28.2. The Morgan fingerprint density at radius 2 is 1.81 bits per heavy atom. The van der Waals surface area contributed by atoms with Crippen LogP contribution in [-0.4, -0.2) is 85.4 Å². The van der Waals surface area contributed by atoms with E-state index >= 15 is 0 Å². The fourth-order valence-corrected chi connectivity index (χ4v) is 9.76. The normalized spacial score (nSPS) is 26.8. The highest BCUT2D eigenvalue weighted by molar-refractivity contribution is 7.87. The van der Waals surface area contributed by atoms with Crippen LogP contribution >= 0.6 is 0 Å². The molecule has 8 rings (SSSR count). The maximum absolute atomic E-state index is 14.8. The Balaban J connectivity index is 1.33. The number of rotatable bonds is 7. The van der Waals surface area contributed by atoms with Gasteiger partial charge in [0.25, 0.3) is 5.91 Å². The predicted octanol–water partition coefficient (Wildman–Crippen LogP) is 5.24. The lowest BCUT2D eigenvalue weighted by Crippen LogP contribution is -2.44. The van der Waals surface area contributed by atoms with Gasteiger partial charge in [-0.1, -0.05) is 25.3 Å². The zero-order chi connectivity index (χ0) is 33.7. The van der Waals surface area contributed by atoms with E-state index in [1.165, 1.54) is 14.1 Å². The molecule has 2 saturated carbocycles. The van der Waals surface area contributed by atoms with Gasteiger partial charge >= 0.3 is 16.8 Å². The number of amides is 2. The first-order chi connectivity index (χ1) is 22.9. The Morgan fingerprint density at radius 3 is 2.48 bits per heavy atom. The number of hydrogen-bond acceptors (Lipinski definition) is 6. The molecule has 1 N–H and O–H groups in total. The zero-order valence-electron chi connectivity index (χ0n) is 27.4. The summed E-state index contributed by atoms with van der Waals surface area (Å²) < 4.78 is 62.2. The molecular formula is C35H41F2N5O5S. The second-order valence-corrected chi connectivity index (χ2v) is 16.4. The van der Waals surface area contributed by atoms with Gasteiger partial charge in [-0.15, -0.1) is 0 Å². The average molecular weight is 682 g/mol. The molecule has 13 heteroatoms. The first-order valence-corrected chi connectivity index (χ1v) is 18.4. The van der Waals surface area contributed by atoms with Gasteiger partial charge in [0.2, 0.25) is 5.91 Å². The van der Waals surface area contributed by atoms with Gasteiger partial charge in [0.05, 0.1) is 17.3 Å². The van der Waals surface area contributed by atoms with Crippen LogP contribution < -0.4 is 9.46 Å². The van der Waals surface area contributed by atoms with Gasteiger partial charge in [-0.3, -0.25) is 14.5 Å². The number of piperidine rings is 1. The van der Waals surface area contributed by atoms with Crippen molar-refractivity contribution in [2.75, 3.05) is 27.7 Å². The largest absolute Gasteiger partial charge is 0.435 e. The molecule has 2 amide bonds. The third kappa shape index (κ3) is 4.86. The van der Waals surface area contributed by atoms with Crippen molar-refractivity contribution in [2.45, 2.75) is 88.6 Å². The lowest BCUT2D eigenvalue weighted by Gasteiger charge is -2.29. The summed E-state index contributed by atoms with van der Waals surface area (Å²) in [7, 11) is 0.737. The van der Waals surface area contributed by atoms with E-state index in [0.29, 0.717) is 13.0 Å². The lowest BCUT2D eigenvalue weighted by atomic mass is 9.81. The number of nitrogens with zero attached hydrogens (tertiary/aromatic N) is 4. The Labute approximate surface area is 279 Å². The van der Waals surface area contributed by atoms with Crippen LogP contribution in [0.1, 0.15) is 84.7 Å². The Kier molecular flexibility index (Phi) is 7.43. The van der Waals surface area contributed by atoms with Gasteiger partial charge in [0, 0.05) is 61.2 Å². The maximum Gasteiger partial charge on any atom is 0.387 e. The van der Waals surface area contributed by atoms with Crippen LogP contribution in [0.3, 0.4) is 0 Å². The summed E-state index contributed by atoms with van der Waals surface area (Å²) in [6.07, 6.45) is 7.83. The number of nitrogens with one attached hydrogen (secondary N) is 1. The number of alkyl halides is 2. The Hall–Kier alpha value is -3.55. The highest BCUT2D eigenvalue weighted by Gasteiger charge is 2.66. The molecule has 0 spiro atoms. The van der Waals surface area contributed by atoms with Gasteiger partial charge in [-0.2, -0.15) is 21.5 Å². The number of likely N-dealkylation sites (tertiary alicyclic amines) is 1. The molecule has 5 aliphatic rings. The van der Waals surface area contributed by atoms with E-state index in [2.05, 4.69) is 26.1 Å². The van der Waals surface area contributed by atoms with E-state index in [1.54, 1.807) is 24.3 Å². The molecule has 4 atom stereocenters. The van der Waals surface area contributed by atoms with Crippen LogP contribution in [0.5, 0.6) is 5.75 Å². The van der Waals surface area contributed by atoms with Crippen molar-refractivity contribution in [3.05, 3.63) is 53.1 Å². The predicted molar refractivity (Wildman–Crippen MR) is 176 cm³/mol.